The maximum atomic E-state index is 11.5. The molecule has 0 unspecified atom stereocenters. The van der Waals surface area contributed by atoms with E-state index in [1.165, 1.54) is 13.3 Å². The highest BCUT2D eigenvalue weighted by Crippen LogP contribution is 2.20. The lowest BCUT2D eigenvalue weighted by Gasteiger charge is -2.06. The second-order valence-corrected chi connectivity index (χ2v) is 4.39. The van der Waals surface area contributed by atoms with Crippen LogP contribution in [0.1, 0.15) is 16.1 Å². The molecule has 0 aliphatic heterocycles. The summed E-state index contributed by atoms with van der Waals surface area (Å²) in [5, 5.41) is 4.63. The third-order valence-corrected chi connectivity index (χ3v) is 3.21. The van der Waals surface area contributed by atoms with E-state index in [0.717, 1.165) is 4.47 Å². The van der Waals surface area contributed by atoms with Crippen LogP contribution in [0, 0.1) is 0 Å². The Morgan fingerprint density at radius 3 is 2.94 bits per heavy atom. The van der Waals surface area contributed by atoms with Gasteiger partial charge in [0.05, 0.1) is 23.5 Å². The number of alkyl halides is 1. The van der Waals surface area contributed by atoms with Gasteiger partial charge in [-0.3, -0.25) is 0 Å². The van der Waals surface area contributed by atoms with Crippen molar-refractivity contribution in [2.45, 2.75) is 5.33 Å². The van der Waals surface area contributed by atoms with Gasteiger partial charge in [-0.25, -0.2) is 14.3 Å². The second-order valence-electron chi connectivity index (χ2n) is 2.97. The molecule has 0 amide bonds. The fourth-order valence-electron chi connectivity index (χ4n) is 1.36. The Labute approximate surface area is 108 Å². The van der Waals surface area contributed by atoms with Crippen molar-refractivity contribution in [3.05, 3.63) is 28.1 Å². The first kappa shape index (κ1) is 11.5. The Hall–Kier alpha value is -0.950. The van der Waals surface area contributed by atoms with Gasteiger partial charge in [0.25, 0.3) is 0 Å². The highest BCUT2D eigenvalue weighted by Gasteiger charge is 2.17. The smallest absolute Gasteiger partial charge is 0.341 e. The zero-order chi connectivity index (χ0) is 11.7. The molecule has 2 aromatic rings. The van der Waals surface area contributed by atoms with Gasteiger partial charge in [0.1, 0.15) is 5.56 Å². The molecule has 0 fully saturated rings. The van der Waals surface area contributed by atoms with Crippen molar-refractivity contribution in [3.63, 3.8) is 0 Å². The summed E-state index contributed by atoms with van der Waals surface area (Å²) in [6.45, 7) is 0. The van der Waals surface area contributed by atoms with Gasteiger partial charge in [-0.2, -0.15) is 5.10 Å². The van der Waals surface area contributed by atoms with Crippen LogP contribution in [0.3, 0.4) is 0 Å². The minimum Gasteiger partial charge on any atom is -0.465 e. The topological polar surface area (TPSA) is 56.5 Å². The van der Waals surface area contributed by atoms with Crippen molar-refractivity contribution in [1.82, 2.24) is 14.6 Å². The van der Waals surface area contributed by atoms with Crippen molar-refractivity contribution in [1.29, 1.82) is 0 Å². The zero-order valence-corrected chi connectivity index (χ0v) is 11.4. The van der Waals surface area contributed by atoms with Crippen molar-refractivity contribution in [2.24, 2.45) is 0 Å². The summed E-state index contributed by atoms with van der Waals surface area (Å²) < 4.78 is 7.07. The summed E-state index contributed by atoms with van der Waals surface area (Å²) in [4.78, 5) is 15.7. The Bertz CT molecular complexity index is 553. The molecule has 2 rings (SSSR count). The SMILES string of the molecule is COC(=O)c1cnc2c(Br)cnn2c1CBr. The van der Waals surface area contributed by atoms with Crippen LogP contribution in [-0.4, -0.2) is 27.7 Å². The molecule has 2 aromatic heterocycles. The van der Waals surface area contributed by atoms with E-state index in [9.17, 15) is 4.79 Å². The van der Waals surface area contributed by atoms with Crippen LogP contribution < -0.4 is 0 Å². The highest BCUT2D eigenvalue weighted by molar-refractivity contribution is 9.10. The predicted octanol–water partition coefficient (Wildman–Crippen LogP) is 2.17. The molecule has 0 atom stereocenters. The molecule has 7 heteroatoms. The molecule has 0 bridgehead atoms. The first-order valence-corrected chi connectivity index (χ1v) is 6.26. The summed E-state index contributed by atoms with van der Waals surface area (Å²) >= 11 is 6.66. The number of ether oxygens (including phenoxy) is 1. The maximum Gasteiger partial charge on any atom is 0.341 e. The van der Waals surface area contributed by atoms with Crippen molar-refractivity contribution >= 4 is 43.5 Å². The number of hydrogen-bond donors (Lipinski definition) is 0. The number of carbonyl (C=O) groups excluding carboxylic acids is 1. The zero-order valence-electron chi connectivity index (χ0n) is 8.28. The standard InChI is InChI=1S/C9H7Br2N3O2/c1-16-9(15)5-3-12-8-6(11)4-13-14(8)7(5)2-10/h3-4H,2H2,1H3. The molecule has 0 N–H and O–H groups in total. The van der Waals surface area contributed by atoms with E-state index in [2.05, 4.69) is 46.7 Å². The molecule has 5 nitrogen and oxygen atoms in total. The van der Waals surface area contributed by atoms with Crippen molar-refractivity contribution in [3.8, 4) is 0 Å². The summed E-state index contributed by atoms with van der Waals surface area (Å²) in [6, 6.07) is 0. The van der Waals surface area contributed by atoms with Gasteiger partial charge in [0, 0.05) is 11.5 Å². The van der Waals surface area contributed by atoms with E-state index in [0.29, 0.717) is 22.2 Å². The van der Waals surface area contributed by atoms with Crippen LogP contribution in [0.2, 0.25) is 0 Å². The lowest BCUT2D eigenvalue weighted by molar-refractivity contribution is 0.0598. The first-order valence-electron chi connectivity index (χ1n) is 4.34. The number of carbonyl (C=O) groups is 1. The summed E-state index contributed by atoms with van der Waals surface area (Å²) in [5.74, 6) is -0.421. The van der Waals surface area contributed by atoms with Crippen LogP contribution in [0.4, 0.5) is 0 Å². The number of nitrogens with zero attached hydrogens (tertiary/aromatic N) is 3. The van der Waals surface area contributed by atoms with E-state index in [1.807, 2.05) is 0 Å². The van der Waals surface area contributed by atoms with Gasteiger partial charge < -0.3 is 4.74 Å². The van der Waals surface area contributed by atoms with E-state index in [4.69, 9.17) is 0 Å². The second kappa shape index (κ2) is 4.50. The molecular weight excluding hydrogens is 342 g/mol. The highest BCUT2D eigenvalue weighted by atomic mass is 79.9. The number of fused-ring (bicyclic) bond motifs is 1. The lowest BCUT2D eigenvalue weighted by atomic mass is 10.2. The average molecular weight is 349 g/mol. The molecule has 0 saturated heterocycles. The molecule has 0 aliphatic rings. The number of hydrogen-bond acceptors (Lipinski definition) is 4. The molecule has 2 heterocycles. The molecule has 0 aromatic carbocycles. The average Bonchev–Trinajstić information content (AvgIpc) is 2.69. The molecule has 0 saturated carbocycles. The quantitative estimate of drug-likeness (QED) is 0.616. The Morgan fingerprint density at radius 1 is 1.56 bits per heavy atom. The lowest BCUT2D eigenvalue weighted by Crippen LogP contribution is -2.10. The van der Waals surface area contributed by atoms with Gasteiger partial charge in [-0.1, -0.05) is 15.9 Å². The van der Waals surface area contributed by atoms with Crippen LogP contribution in [-0.2, 0) is 10.1 Å². The third-order valence-electron chi connectivity index (χ3n) is 2.12. The molecular formula is C9H7Br2N3O2. The molecule has 0 spiro atoms. The van der Waals surface area contributed by atoms with E-state index in [1.54, 1.807) is 10.7 Å². The fourth-order valence-corrected chi connectivity index (χ4v) is 2.26. The number of halogens is 2. The fraction of sp³-hybridized carbons (Fsp3) is 0.222. The minimum absolute atomic E-state index is 0.405. The van der Waals surface area contributed by atoms with E-state index < -0.39 is 5.97 Å². The molecule has 84 valence electrons. The first-order chi connectivity index (χ1) is 7.69. The van der Waals surface area contributed by atoms with Crippen LogP contribution in [0.25, 0.3) is 5.65 Å². The Kier molecular flexibility index (Phi) is 3.25. The van der Waals surface area contributed by atoms with Gasteiger partial charge in [0.15, 0.2) is 5.65 Å². The molecule has 0 aliphatic carbocycles. The normalized spacial score (nSPS) is 10.7. The minimum atomic E-state index is -0.421. The summed E-state index contributed by atoms with van der Waals surface area (Å²) in [6.07, 6.45) is 3.12. The largest absolute Gasteiger partial charge is 0.465 e. The van der Waals surface area contributed by atoms with Gasteiger partial charge in [-0.05, 0) is 15.9 Å². The summed E-state index contributed by atoms with van der Waals surface area (Å²) in [5.41, 5.74) is 1.78. The van der Waals surface area contributed by atoms with E-state index in [-0.39, 0.29) is 0 Å². The maximum absolute atomic E-state index is 11.5. The number of aromatic nitrogens is 3. The van der Waals surface area contributed by atoms with Crippen LogP contribution in [0.5, 0.6) is 0 Å². The van der Waals surface area contributed by atoms with Gasteiger partial charge >= 0.3 is 5.97 Å². The van der Waals surface area contributed by atoms with Gasteiger partial charge in [0.2, 0.25) is 0 Å². The predicted molar refractivity (Wildman–Crippen MR) is 64.7 cm³/mol. The summed E-state index contributed by atoms with van der Waals surface area (Å²) in [7, 11) is 1.34. The number of methoxy groups -OCH3 is 1. The van der Waals surface area contributed by atoms with Crippen molar-refractivity contribution < 1.29 is 9.53 Å². The molecule has 0 radical (unpaired) electrons. The van der Waals surface area contributed by atoms with Gasteiger partial charge in [-0.15, -0.1) is 0 Å². The van der Waals surface area contributed by atoms with Crippen LogP contribution in [0.15, 0.2) is 16.9 Å². The third kappa shape index (κ3) is 1.73. The van der Waals surface area contributed by atoms with Crippen LogP contribution >= 0.6 is 31.9 Å². The molecule has 16 heavy (non-hydrogen) atoms. The number of rotatable bonds is 2. The van der Waals surface area contributed by atoms with Crippen molar-refractivity contribution in [2.75, 3.05) is 7.11 Å². The Balaban J connectivity index is 2.73. The number of esters is 1. The monoisotopic (exact) mass is 347 g/mol. The van der Waals surface area contributed by atoms with E-state index >= 15 is 0 Å². The Morgan fingerprint density at radius 2 is 2.31 bits per heavy atom.